The second-order valence-corrected chi connectivity index (χ2v) is 16.9. The van der Waals surface area contributed by atoms with E-state index in [4.69, 9.17) is 28.0 Å². The highest BCUT2D eigenvalue weighted by Crippen LogP contribution is 2.13. The van der Waals surface area contributed by atoms with Gasteiger partial charge in [-0.15, -0.1) is 0 Å². The minimum atomic E-state index is -1.50. The molecule has 0 spiro atoms. The lowest BCUT2D eigenvalue weighted by atomic mass is 10.0. The average molecular weight is 987 g/mol. The molecule has 2 rings (SSSR count). The number of H-pyrrole nitrogens is 1. The van der Waals surface area contributed by atoms with Crippen LogP contribution in [0.4, 0.5) is 0 Å². The fourth-order valence-corrected chi connectivity index (χ4v) is 6.69. The maximum Gasteiger partial charge on any atom is 0.322 e. The molecule has 0 aliphatic carbocycles. The van der Waals surface area contributed by atoms with Gasteiger partial charge in [0.25, 0.3) is 0 Å². The molecule has 19 N–H and O–H groups in total. The summed E-state index contributed by atoms with van der Waals surface area (Å²) in [4.78, 5) is 137. The molecule has 388 valence electrons. The van der Waals surface area contributed by atoms with E-state index in [1.165, 1.54) is 43.7 Å². The molecule has 9 amide bonds. The molecule has 0 bridgehead atoms. The van der Waals surface area contributed by atoms with Crippen molar-refractivity contribution in [3.63, 3.8) is 0 Å². The zero-order valence-electron chi connectivity index (χ0n) is 39.7. The van der Waals surface area contributed by atoms with Crippen LogP contribution in [0.15, 0.2) is 36.8 Å². The molecular formula is C44H70N14O12. The molecule has 1 aromatic heterocycles. The summed E-state index contributed by atoms with van der Waals surface area (Å²) in [5.41, 5.74) is 23.3. The van der Waals surface area contributed by atoms with Gasteiger partial charge in [0.2, 0.25) is 53.2 Å². The highest BCUT2D eigenvalue weighted by Gasteiger charge is 2.33. The smallest absolute Gasteiger partial charge is 0.322 e. The summed E-state index contributed by atoms with van der Waals surface area (Å²) in [5.74, 6) is -9.25. The predicted molar refractivity (Wildman–Crippen MR) is 252 cm³/mol. The highest BCUT2D eigenvalue weighted by atomic mass is 16.4. The Balaban J connectivity index is 2.33. The number of amides is 9. The second-order valence-electron chi connectivity index (χ2n) is 16.9. The molecule has 70 heavy (non-hydrogen) atoms. The number of aromatic amines is 1. The van der Waals surface area contributed by atoms with Crippen LogP contribution in [-0.4, -0.2) is 148 Å². The lowest BCUT2D eigenvalue weighted by molar-refractivity contribution is -0.139. The monoisotopic (exact) mass is 987 g/mol. The van der Waals surface area contributed by atoms with Gasteiger partial charge in [-0.1, -0.05) is 32.4 Å². The van der Waals surface area contributed by atoms with Crippen LogP contribution in [0.25, 0.3) is 0 Å². The molecule has 0 aliphatic rings. The summed E-state index contributed by atoms with van der Waals surface area (Å²) in [6.07, 6.45) is 4.12. The summed E-state index contributed by atoms with van der Waals surface area (Å²) < 4.78 is 0. The van der Waals surface area contributed by atoms with Crippen molar-refractivity contribution in [1.82, 2.24) is 52.5 Å². The number of carbonyl (C=O) groups is 10. The van der Waals surface area contributed by atoms with E-state index in [0.29, 0.717) is 49.9 Å². The second kappa shape index (κ2) is 31.0. The third-order valence-electron chi connectivity index (χ3n) is 10.7. The molecule has 0 unspecified atom stereocenters. The third-order valence-corrected chi connectivity index (χ3v) is 10.7. The number of nitrogens with two attached hydrogens (primary N) is 4. The minimum Gasteiger partial charge on any atom is -0.508 e. The number of phenols is 1. The van der Waals surface area contributed by atoms with Crippen LogP contribution in [-0.2, 0) is 60.8 Å². The Morgan fingerprint density at radius 2 is 1.17 bits per heavy atom. The first kappa shape index (κ1) is 58.9. The number of hydrogen-bond acceptors (Lipinski definition) is 15. The number of aromatic hydroxyl groups is 1. The lowest BCUT2D eigenvalue weighted by Crippen LogP contribution is -2.60. The van der Waals surface area contributed by atoms with Gasteiger partial charge in [0, 0.05) is 31.2 Å². The fourth-order valence-electron chi connectivity index (χ4n) is 6.69. The molecule has 26 nitrogen and oxygen atoms in total. The number of carboxylic acid groups (broad SMARTS) is 1. The summed E-state index contributed by atoms with van der Waals surface area (Å²) >= 11 is 0. The molecule has 0 radical (unpaired) electrons. The third kappa shape index (κ3) is 22.3. The van der Waals surface area contributed by atoms with Crippen molar-refractivity contribution in [3.8, 4) is 5.75 Å². The first-order chi connectivity index (χ1) is 33.1. The van der Waals surface area contributed by atoms with Crippen molar-refractivity contribution >= 4 is 59.1 Å². The van der Waals surface area contributed by atoms with Crippen molar-refractivity contribution in [2.75, 3.05) is 26.2 Å². The zero-order valence-corrected chi connectivity index (χ0v) is 39.7. The van der Waals surface area contributed by atoms with Gasteiger partial charge in [0.1, 0.15) is 48.5 Å². The number of rotatable bonds is 33. The molecular weight excluding hydrogens is 917 g/mol. The Bertz CT molecular complexity index is 2050. The van der Waals surface area contributed by atoms with Gasteiger partial charge in [-0.3, -0.25) is 47.9 Å². The molecule has 0 aliphatic heterocycles. The number of aliphatic carboxylic acids is 1. The Kier molecular flexibility index (Phi) is 26.1. The molecule has 2 aromatic rings. The van der Waals surface area contributed by atoms with Gasteiger partial charge in [0.15, 0.2) is 0 Å². The zero-order chi connectivity index (χ0) is 52.3. The van der Waals surface area contributed by atoms with Crippen molar-refractivity contribution in [2.45, 2.75) is 127 Å². The number of carbonyl (C=O) groups excluding carboxylic acids is 9. The number of nitrogens with zero attached hydrogens (tertiary/aromatic N) is 1. The van der Waals surface area contributed by atoms with Gasteiger partial charge in [-0.05, 0) is 82.2 Å². The quantitative estimate of drug-likeness (QED) is 0.0301. The molecule has 1 aromatic carbocycles. The molecule has 0 saturated heterocycles. The number of unbranched alkanes of at least 4 members (excludes halogenated alkanes) is 2. The predicted octanol–water partition coefficient (Wildman–Crippen LogP) is -4.35. The van der Waals surface area contributed by atoms with E-state index in [1.807, 2.05) is 0 Å². The number of phenolic OH excluding ortho intramolecular Hbond substituents is 1. The SMILES string of the molecule is CC(C)[C@H](NC(=O)[C@H](CCCCN)NC(=O)[C@H](CCC(N)=O)NC(=O)[C@H](C)NC(=O)[C@H](Cc1ccc(O)cc1)NC(=O)[C@H](Cc1cnc[nH]1)NC(=O)CNC(=O)[C@@H](N)CCCCN)C(=O)NCC(=O)O. The number of nitrogens with one attached hydrogen (secondary N) is 9. The fraction of sp³-hybridized carbons (Fsp3) is 0.568. The van der Waals surface area contributed by atoms with E-state index in [2.05, 4.69) is 52.5 Å². The summed E-state index contributed by atoms with van der Waals surface area (Å²) in [6, 6.07) is -3.37. The topological polar surface area (TPSA) is 440 Å². The average Bonchev–Trinajstić information content (AvgIpc) is 3.83. The summed E-state index contributed by atoms with van der Waals surface area (Å²) in [6.45, 7) is 3.95. The number of benzene rings is 1. The Labute approximate surface area is 405 Å². The number of primary amides is 1. The van der Waals surface area contributed by atoms with Gasteiger partial charge in [-0.2, -0.15) is 0 Å². The maximum absolute atomic E-state index is 14.0. The van der Waals surface area contributed by atoms with Crippen molar-refractivity contribution in [3.05, 3.63) is 48.0 Å². The Morgan fingerprint density at radius 1 is 0.629 bits per heavy atom. The normalized spacial score (nSPS) is 14.0. The van der Waals surface area contributed by atoms with Crippen molar-refractivity contribution in [1.29, 1.82) is 0 Å². The summed E-state index contributed by atoms with van der Waals surface area (Å²) in [5, 5.41) is 38.8. The van der Waals surface area contributed by atoms with Crippen LogP contribution in [0.5, 0.6) is 5.75 Å². The van der Waals surface area contributed by atoms with Gasteiger partial charge in [0.05, 0.1) is 18.9 Å². The number of imidazole rings is 1. The van der Waals surface area contributed by atoms with E-state index in [-0.39, 0.29) is 38.0 Å². The minimum absolute atomic E-state index is 0.0289. The van der Waals surface area contributed by atoms with Crippen LogP contribution >= 0.6 is 0 Å². The Hall–Kier alpha value is -7.19. The highest BCUT2D eigenvalue weighted by molar-refractivity contribution is 5.98. The molecule has 7 atom stereocenters. The largest absolute Gasteiger partial charge is 0.508 e. The summed E-state index contributed by atoms with van der Waals surface area (Å²) in [7, 11) is 0. The molecule has 1 heterocycles. The van der Waals surface area contributed by atoms with Gasteiger partial charge in [-0.25, -0.2) is 4.98 Å². The molecule has 26 heteroatoms. The first-order valence-electron chi connectivity index (χ1n) is 22.9. The number of hydrogen-bond donors (Lipinski definition) is 15. The first-order valence-corrected chi connectivity index (χ1v) is 22.9. The van der Waals surface area contributed by atoms with Crippen LogP contribution in [0.2, 0.25) is 0 Å². The number of carboxylic acids is 1. The van der Waals surface area contributed by atoms with E-state index in [1.54, 1.807) is 13.8 Å². The van der Waals surface area contributed by atoms with E-state index in [0.717, 1.165) is 0 Å². The lowest BCUT2D eigenvalue weighted by Gasteiger charge is -2.27. The van der Waals surface area contributed by atoms with E-state index in [9.17, 15) is 53.1 Å². The van der Waals surface area contributed by atoms with Crippen LogP contribution in [0, 0.1) is 5.92 Å². The standard InChI is InChI=1S/C44H70N14O12/c1-24(2)37(44(70)51-22-36(62)63)58-41(67)30(9-5-7-17-46)56-40(66)31(14-15-34(48)60)55-38(64)25(3)53-42(68)32(18-26-10-12-28(59)13-11-26)57-43(69)33(19-27-20-49-23-52-27)54-35(61)21-50-39(65)29(47)8-4-6-16-45/h10-13,20,23-25,29-33,37,59H,4-9,14-19,21-22,45-47H2,1-3H3,(H2,48,60)(H,49,52)(H,50,65)(H,51,70)(H,53,68)(H,54,61)(H,55,64)(H,56,66)(H,57,69)(H,58,67)(H,62,63)/t25-,29-,30-,31-,32-,33-,37-/m0/s1. The maximum atomic E-state index is 14.0. The number of aromatic nitrogens is 2. The van der Waals surface area contributed by atoms with Crippen LogP contribution < -0.4 is 65.5 Å². The molecule has 0 saturated carbocycles. The van der Waals surface area contributed by atoms with Gasteiger partial charge < -0.3 is 80.7 Å². The van der Waals surface area contributed by atoms with Crippen molar-refractivity contribution in [2.24, 2.45) is 28.9 Å². The van der Waals surface area contributed by atoms with E-state index >= 15 is 0 Å². The Morgan fingerprint density at radius 3 is 1.76 bits per heavy atom. The van der Waals surface area contributed by atoms with Gasteiger partial charge >= 0.3 is 5.97 Å². The van der Waals surface area contributed by atoms with E-state index < -0.39 is 127 Å². The van der Waals surface area contributed by atoms with Crippen molar-refractivity contribution < 1.29 is 58.2 Å². The van der Waals surface area contributed by atoms with Crippen LogP contribution in [0.3, 0.4) is 0 Å². The van der Waals surface area contributed by atoms with Crippen LogP contribution in [0.1, 0.15) is 83.4 Å². The molecule has 0 fully saturated rings.